The van der Waals surface area contributed by atoms with Gasteiger partial charge in [-0.2, -0.15) is 0 Å². The summed E-state index contributed by atoms with van der Waals surface area (Å²) in [6.45, 7) is 1.85. The lowest BCUT2D eigenvalue weighted by atomic mass is 9.93. The predicted molar refractivity (Wildman–Crippen MR) is 70.9 cm³/mol. The number of rotatable bonds is 3. The number of nitrogens with two attached hydrogens (primary N) is 1. The maximum Gasteiger partial charge on any atom is 0.0320 e. The first kappa shape index (κ1) is 11.2. The molecule has 2 nitrogen and oxygen atoms in total. The lowest BCUT2D eigenvalue weighted by Gasteiger charge is -2.24. The molecule has 0 amide bonds. The second kappa shape index (κ2) is 4.79. The van der Waals surface area contributed by atoms with Crippen LogP contribution < -0.4 is 11.1 Å². The molecule has 0 bridgehead atoms. The lowest BCUT2D eigenvalue weighted by molar-refractivity contribution is 0.412. The van der Waals surface area contributed by atoms with E-state index in [2.05, 4.69) is 23.5 Å². The third kappa shape index (κ3) is 2.38. The molecule has 1 aromatic carbocycles. The van der Waals surface area contributed by atoms with Crippen LogP contribution in [0.25, 0.3) is 0 Å². The summed E-state index contributed by atoms with van der Waals surface area (Å²) >= 11 is 0. The summed E-state index contributed by atoms with van der Waals surface area (Å²) in [5.74, 6) is 0.807. The zero-order chi connectivity index (χ0) is 11.7. The van der Waals surface area contributed by atoms with E-state index in [4.69, 9.17) is 5.73 Å². The standard InChI is InChI=1S/C15H22N2/c16-10-13-9-12(15-3-1-2-8-17-15)6-7-14(13)11-4-5-11/h6-7,9,11,15,17H,1-5,8,10,16H2. The minimum absolute atomic E-state index is 0.558. The van der Waals surface area contributed by atoms with E-state index in [0.717, 1.165) is 12.5 Å². The first-order valence-corrected chi connectivity index (χ1v) is 6.94. The van der Waals surface area contributed by atoms with Gasteiger partial charge in [0.2, 0.25) is 0 Å². The van der Waals surface area contributed by atoms with Crippen molar-refractivity contribution in [3.8, 4) is 0 Å². The molecule has 1 unspecified atom stereocenters. The summed E-state index contributed by atoms with van der Waals surface area (Å²) in [5.41, 5.74) is 10.2. The Balaban J connectivity index is 1.84. The Morgan fingerprint density at radius 3 is 2.71 bits per heavy atom. The zero-order valence-electron chi connectivity index (χ0n) is 10.4. The van der Waals surface area contributed by atoms with Gasteiger partial charge in [-0.3, -0.25) is 0 Å². The molecule has 92 valence electrons. The molecule has 1 heterocycles. The van der Waals surface area contributed by atoms with Crippen LogP contribution in [0.2, 0.25) is 0 Å². The Morgan fingerprint density at radius 1 is 1.18 bits per heavy atom. The molecule has 0 aromatic heterocycles. The Bertz CT molecular complexity index is 390. The highest BCUT2D eigenvalue weighted by Gasteiger charge is 2.26. The van der Waals surface area contributed by atoms with Crippen LogP contribution in [0.1, 0.15) is 60.8 Å². The largest absolute Gasteiger partial charge is 0.326 e. The van der Waals surface area contributed by atoms with Crippen LogP contribution in [0.5, 0.6) is 0 Å². The smallest absolute Gasteiger partial charge is 0.0320 e. The van der Waals surface area contributed by atoms with Crippen LogP contribution in [-0.4, -0.2) is 6.54 Å². The monoisotopic (exact) mass is 230 g/mol. The first-order chi connectivity index (χ1) is 8.38. The van der Waals surface area contributed by atoms with Crippen molar-refractivity contribution >= 4 is 0 Å². The molecule has 17 heavy (non-hydrogen) atoms. The fraction of sp³-hybridized carbons (Fsp3) is 0.600. The minimum atomic E-state index is 0.558. The summed E-state index contributed by atoms with van der Waals surface area (Å²) in [5, 5.41) is 3.61. The molecule has 3 rings (SSSR count). The van der Waals surface area contributed by atoms with Crippen molar-refractivity contribution in [2.45, 2.75) is 50.6 Å². The SMILES string of the molecule is NCc1cc(C2CCCCN2)ccc1C1CC1. The van der Waals surface area contributed by atoms with Gasteiger partial charge in [-0.15, -0.1) is 0 Å². The second-order valence-electron chi connectivity index (χ2n) is 5.44. The minimum Gasteiger partial charge on any atom is -0.326 e. The van der Waals surface area contributed by atoms with Crippen LogP contribution in [0.15, 0.2) is 18.2 Å². The summed E-state index contributed by atoms with van der Waals surface area (Å²) in [6, 6.07) is 7.54. The number of hydrogen-bond acceptors (Lipinski definition) is 2. The molecule has 1 aliphatic heterocycles. The van der Waals surface area contributed by atoms with Crippen LogP contribution >= 0.6 is 0 Å². The topological polar surface area (TPSA) is 38.0 Å². The first-order valence-electron chi connectivity index (χ1n) is 6.94. The van der Waals surface area contributed by atoms with Crippen molar-refractivity contribution in [1.29, 1.82) is 0 Å². The molecule has 3 N–H and O–H groups in total. The highest BCUT2D eigenvalue weighted by Crippen LogP contribution is 2.42. The van der Waals surface area contributed by atoms with Crippen molar-refractivity contribution in [1.82, 2.24) is 5.32 Å². The molecule has 1 aliphatic carbocycles. The molecule has 0 spiro atoms. The molecule has 1 atom stereocenters. The molecule has 1 saturated heterocycles. The van der Waals surface area contributed by atoms with E-state index in [0.29, 0.717) is 12.6 Å². The van der Waals surface area contributed by atoms with Gasteiger partial charge in [0.1, 0.15) is 0 Å². The number of hydrogen-bond donors (Lipinski definition) is 2. The van der Waals surface area contributed by atoms with E-state index < -0.39 is 0 Å². The van der Waals surface area contributed by atoms with Gasteiger partial charge in [-0.05, 0) is 54.8 Å². The fourth-order valence-electron chi connectivity index (χ4n) is 2.95. The molecule has 0 radical (unpaired) electrons. The van der Waals surface area contributed by atoms with Crippen LogP contribution in [-0.2, 0) is 6.54 Å². The molecule has 2 heteroatoms. The molecular weight excluding hydrogens is 208 g/mol. The third-order valence-electron chi connectivity index (χ3n) is 4.12. The van der Waals surface area contributed by atoms with Gasteiger partial charge in [-0.25, -0.2) is 0 Å². The van der Waals surface area contributed by atoms with Gasteiger partial charge < -0.3 is 11.1 Å². The van der Waals surface area contributed by atoms with E-state index in [9.17, 15) is 0 Å². The average molecular weight is 230 g/mol. The van der Waals surface area contributed by atoms with E-state index in [1.165, 1.54) is 48.8 Å². The summed E-state index contributed by atoms with van der Waals surface area (Å²) < 4.78 is 0. The molecular formula is C15H22N2. The van der Waals surface area contributed by atoms with E-state index in [-0.39, 0.29) is 0 Å². The maximum absolute atomic E-state index is 5.89. The van der Waals surface area contributed by atoms with E-state index in [1.807, 2.05) is 0 Å². The predicted octanol–water partition coefficient (Wildman–Crippen LogP) is 2.84. The summed E-state index contributed by atoms with van der Waals surface area (Å²) in [6.07, 6.45) is 6.65. The zero-order valence-corrected chi connectivity index (χ0v) is 10.4. The van der Waals surface area contributed by atoms with Crippen LogP contribution in [0, 0.1) is 0 Å². The van der Waals surface area contributed by atoms with Gasteiger partial charge in [0, 0.05) is 12.6 Å². The Labute approximate surface area is 104 Å². The third-order valence-corrected chi connectivity index (χ3v) is 4.12. The number of benzene rings is 1. The van der Waals surface area contributed by atoms with Gasteiger partial charge in [0.25, 0.3) is 0 Å². The van der Waals surface area contributed by atoms with Crippen molar-refractivity contribution in [3.05, 3.63) is 34.9 Å². The number of nitrogens with one attached hydrogen (secondary N) is 1. The molecule has 2 aliphatic rings. The van der Waals surface area contributed by atoms with Crippen molar-refractivity contribution in [3.63, 3.8) is 0 Å². The highest BCUT2D eigenvalue weighted by atomic mass is 14.9. The van der Waals surface area contributed by atoms with Gasteiger partial charge in [0.05, 0.1) is 0 Å². The fourth-order valence-corrected chi connectivity index (χ4v) is 2.95. The molecule has 1 saturated carbocycles. The van der Waals surface area contributed by atoms with Gasteiger partial charge in [-0.1, -0.05) is 24.6 Å². The normalized spacial score (nSPS) is 24.9. The van der Waals surface area contributed by atoms with Gasteiger partial charge >= 0.3 is 0 Å². The Kier molecular flexibility index (Phi) is 3.17. The second-order valence-corrected chi connectivity index (χ2v) is 5.44. The Hall–Kier alpha value is -0.860. The summed E-state index contributed by atoms with van der Waals surface area (Å²) in [7, 11) is 0. The van der Waals surface area contributed by atoms with Crippen molar-refractivity contribution in [2.24, 2.45) is 5.73 Å². The van der Waals surface area contributed by atoms with E-state index in [1.54, 1.807) is 0 Å². The van der Waals surface area contributed by atoms with Crippen LogP contribution in [0.4, 0.5) is 0 Å². The quantitative estimate of drug-likeness (QED) is 0.838. The lowest BCUT2D eigenvalue weighted by Crippen LogP contribution is -2.26. The highest BCUT2D eigenvalue weighted by molar-refractivity contribution is 5.38. The molecule has 2 fully saturated rings. The van der Waals surface area contributed by atoms with E-state index >= 15 is 0 Å². The summed E-state index contributed by atoms with van der Waals surface area (Å²) in [4.78, 5) is 0. The van der Waals surface area contributed by atoms with Crippen molar-refractivity contribution in [2.75, 3.05) is 6.54 Å². The van der Waals surface area contributed by atoms with Crippen LogP contribution in [0.3, 0.4) is 0 Å². The maximum atomic E-state index is 5.89. The van der Waals surface area contributed by atoms with Crippen molar-refractivity contribution < 1.29 is 0 Å². The number of piperidine rings is 1. The molecule has 1 aromatic rings. The average Bonchev–Trinajstić information content (AvgIpc) is 3.23. The van der Waals surface area contributed by atoms with Gasteiger partial charge in [0.15, 0.2) is 0 Å². The Morgan fingerprint density at radius 2 is 2.06 bits per heavy atom.